The van der Waals surface area contributed by atoms with Gasteiger partial charge in [0.1, 0.15) is 5.75 Å². The molecule has 0 aliphatic carbocycles. The molecule has 0 radical (unpaired) electrons. The number of carbonyl (C=O) groups excluding carboxylic acids is 2. The molecule has 114 valence electrons. The van der Waals surface area contributed by atoms with E-state index in [1.165, 1.54) is 0 Å². The highest BCUT2D eigenvalue weighted by Crippen LogP contribution is 2.23. The van der Waals surface area contributed by atoms with Gasteiger partial charge in [0.15, 0.2) is 0 Å². The smallest absolute Gasteiger partial charge is 0.254 e. The first-order chi connectivity index (χ1) is 10.0. The number of hydrogen-bond acceptors (Lipinski definition) is 4. The van der Waals surface area contributed by atoms with E-state index >= 15 is 0 Å². The minimum Gasteiger partial charge on any atom is -0.494 e. The van der Waals surface area contributed by atoms with E-state index in [2.05, 4.69) is 0 Å². The van der Waals surface area contributed by atoms with Crippen LogP contribution in [-0.4, -0.2) is 36.4 Å². The van der Waals surface area contributed by atoms with Gasteiger partial charge in [-0.1, -0.05) is 0 Å². The minimum atomic E-state index is -0.352. The molecular weight excluding hydrogens is 270 g/mol. The van der Waals surface area contributed by atoms with E-state index in [1.807, 2.05) is 6.92 Å². The second kappa shape index (κ2) is 6.47. The lowest BCUT2D eigenvalue weighted by molar-refractivity contribution is -0.123. The highest BCUT2D eigenvalue weighted by molar-refractivity contribution is 5.96. The molecule has 1 heterocycles. The molecule has 1 aromatic rings. The molecule has 6 nitrogen and oxygen atoms in total. The maximum atomic E-state index is 12.5. The number of nitrogens with two attached hydrogens (primary N) is 2. The van der Waals surface area contributed by atoms with Crippen LogP contribution in [0.15, 0.2) is 18.2 Å². The van der Waals surface area contributed by atoms with Crippen molar-refractivity contribution in [2.24, 2.45) is 11.7 Å². The average molecular weight is 291 g/mol. The van der Waals surface area contributed by atoms with Crippen LogP contribution in [-0.2, 0) is 4.79 Å². The summed E-state index contributed by atoms with van der Waals surface area (Å²) in [5, 5.41) is 0. The standard InChI is InChI=1S/C15H21N3O3/c1-2-21-13-7-11(6-12(16)8-13)15(20)18-5-3-4-10(9-18)14(17)19/h6-8,10H,2-5,9,16H2,1H3,(H2,17,19). The molecule has 0 bridgehead atoms. The molecule has 1 aromatic carbocycles. The van der Waals surface area contributed by atoms with Gasteiger partial charge in [0.25, 0.3) is 5.91 Å². The summed E-state index contributed by atoms with van der Waals surface area (Å²) >= 11 is 0. The first kappa shape index (κ1) is 15.2. The summed E-state index contributed by atoms with van der Waals surface area (Å²) in [5.41, 5.74) is 12.1. The normalized spacial score (nSPS) is 18.3. The monoisotopic (exact) mass is 291 g/mol. The Balaban J connectivity index is 2.17. The number of hydrogen-bond donors (Lipinski definition) is 2. The summed E-state index contributed by atoms with van der Waals surface area (Å²) in [5.74, 6) is -0.191. The molecule has 0 saturated carbocycles. The molecule has 2 rings (SSSR count). The molecule has 0 aromatic heterocycles. The summed E-state index contributed by atoms with van der Waals surface area (Å²) in [6.07, 6.45) is 1.51. The lowest BCUT2D eigenvalue weighted by atomic mass is 9.97. The van der Waals surface area contributed by atoms with Crippen LogP contribution in [0.5, 0.6) is 5.75 Å². The third kappa shape index (κ3) is 3.65. The van der Waals surface area contributed by atoms with Crippen molar-refractivity contribution in [3.63, 3.8) is 0 Å². The van der Waals surface area contributed by atoms with Crippen LogP contribution >= 0.6 is 0 Å². The van der Waals surface area contributed by atoms with E-state index in [9.17, 15) is 9.59 Å². The maximum absolute atomic E-state index is 12.5. The number of ether oxygens (including phenoxy) is 1. The second-order valence-electron chi connectivity index (χ2n) is 5.22. The Bertz CT molecular complexity index is 545. The fourth-order valence-corrected chi connectivity index (χ4v) is 2.57. The number of primary amides is 1. The zero-order chi connectivity index (χ0) is 15.4. The molecule has 2 amide bonds. The number of likely N-dealkylation sites (tertiary alicyclic amines) is 1. The van der Waals surface area contributed by atoms with Crippen LogP contribution in [0.1, 0.15) is 30.1 Å². The van der Waals surface area contributed by atoms with Crippen molar-refractivity contribution in [1.29, 1.82) is 0 Å². The topological polar surface area (TPSA) is 98.7 Å². The summed E-state index contributed by atoms with van der Waals surface area (Å²) in [6, 6.07) is 4.98. The van der Waals surface area contributed by atoms with Crippen molar-refractivity contribution in [1.82, 2.24) is 4.90 Å². The van der Waals surface area contributed by atoms with Crippen molar-refractivity contribution in [2.75, 3.05) is 25.4 Å². The summed E-state index contributed by atoms with van der Waals surface area (Å²) < 4.78 is 5.40. The van der Waals surface area contributed by atoms with Gasteiger partial charge in [0.2, 0.25) is 5.91 Å². The number of amides is 2. The third-order valence-corrected chi connectivity index (χ3v) is 3.60. The quantitative estimate of drug-likeness (QED) is 0.809. The Morgan fingerprint density at radius 2 is 2.14 bits per heavy atom. The lowest BCUT2D eigenvalue weighted by Crippen LogP contribution is -2.44. The third-order valence-electron chi connectivity index (χ3n) is 3.60. The number of piperidine rings is 1. The molecule has 1 aliphatic rings. The molecule has 1 fully saturated rings. The predicted molar refractivity (Wildman–Crippen MR) is 79.8 cm³/mol. The molecule has 6 heteroatoms. The highest BCUT2D eigenvalue weighted by atomic mass is 16.5. The first-order valence-electron chi connectivity index (χ1n) is 7.13. The van der Waals surface area contributed by atoms with Gasteiger partial charge >= 0.3 is 0 Å². The van der Waals surface area contributed by atoms with Gasteiger partial charge in [0, 0.05) is 30.4 Å². The molecule has 1 atom stereocenters. The van der Waals surface area contributed by atoms with Crippen LogP contribution in [0.25, 0.3) is 0 Å². The van der Waals surface area contributed by atoms with Gasteiger partial charge in [-0.15, -0.1) is 0 Å². The molecule has 0 spiro atoms. The Hall–Kier alpha value is -2.24. The number of rotatable bonds is 4. The second-order valence-corrected chi connectivity index (χ2v) is 5.22. The largest absolute Gasteiger partial charge is 0.494 e. The molecule has 1 aliphatic heterocycles. The van der Waals surface area contributed by atoms with Crippen molar-refractivity contribution in [3.05, 3.63) is 23.8 Å². The van der Waals surface area contributed by atoms with Crippen LogP contribution in [0.3, 0.4) is 0 Å². The average Bonchev–Trinajstić information content (AvgIpc) is 2.46. The van der Waals surface area contributed by atoms with E-state index in [0.717, 1.165) is 12.8 Å². The van der Waals surface area contributed by atoms with Crippen LogP contribution < -0.4 is 16.2 Å². The van der Waals surface area contributed by atoms with Gasteiger partial charge in [0.05, 0.1) is 12.5 Å². The molecule has 21 heavy (non-hydrogen) atoms. The minimum absolute atomic E-state index is 0.144. The first-order valence-corrected chi connectivity index (χ1v) is 7.13. The Morgan fingerprint density at radius 3 is 2.81 bits per heavy atom. The molecular formula is C15H21N3O3. The van der Waals surface area contributed by atoms with Gasteiger partial charge in [-0.25, -0.2) is 0 Å². The number of nitrogen functional groups attached to an aromatic ring is 1. The molecule has 1 saturated heterocycles. The van der Waals surface area contributed by atoms with Gasteiger partial charge in [-0.05, 0) is 31.9 Å². The lowest BCUT2D eigenvalue weighted by Gasteiger charge is -2.31. The zero-order valence-corrected chi connectivity index (χ0v) is 12.2. The molecule has 4 N–H and O–H groups in total. The summed E-state index contributed by atoms with van der Waals surface area (Å²) in [7, 11) is 0. The van der Waals surface area contributed by atoms with Crippen LogP contribution in [0, 0.1) is 5.92 Å². The SMILES string of the molecule is CCOc1cc(N)cc(C(=O)N2CCCC(C(N)=O)C2)c1. The zero-order valence-electron chi connectivity index (χ0n) is 12.2. The fraction of sp³-hybridized carbons (Fsp3) is 0.467. The predicted octanol–water partition coefficient (Wildman–Crippen LogP) is 1.00. The van der Waals surface area contributed by atoms with Crippen molar-refractivity contribution < 1.29 is 14.3 Å². The Morgan fingerprint density at radius 1 is 1.38 bits per heavy atom. The number of nitrogens with zero attached hydrogens (tertiary/aromatic N) is 1. The van der Waals surface area contributed by atoms with Crippen molar-refractivity contribution in [2.45, 2.75) is 19.8 Å². The van der Waals surface area contributed by atoms with Crippen molar-refractivity contribution >= 4 is 17.5 Å². The van der Waals surface area contributed by atoms with E-state index in [4.69, 9.17) is 16.2 Å². The Labute approximate surface area is 124 Å². The maximum Gasteiger partial charge on any atom is 0.254 e. The fourth-order valence-electron chi connectivity index (χ4n) is 2.57. The molecule has 1 unspecified atom stereocenters. The van der Waals surface area contributed by atoms with E-state index in [-0.39, 0.29) is 17.7 Å². The van der Waals surface area contributed by atoms with E-state index in [0.29, 0.717) is 36.7 Å². The number of benzene rings is 1. The van der Waals surface area contributed by atoms with Gasteiger partial charge in [-0.3, -0.25) is 9.59 Å². The van der Waals surface area contributed by atoms with Crippen LogP contribution in [0.4, 0.5) is 5.69 Å². The Kier molecular flexibility index (Phi) is 4.67. The number of anilines is 1. The van der Waals surface area contributed by atoms with E-state index in [1.54, 1.807) is 23.1 Å². The van der Waals surface area contributed by atoms with Gasteiger partial charge < -0.3 is 21.1 Å². The van der Waals surface area contributed by atoms with Crippen LogP contribution in [0.2, 0.25) is 0 Å². The van der Waals surface area contributed by atoms with Gasteiger partial charge in [-0.2, -0.15) is 0 Å². The highest BCUT2D eigenvalue weighted by Gasteiger charge is 2.27. The van der Waals surface area contributed by atoms with E-state index < -0.39 is 0 Å². The summed E-state index contributed by atoms with van der Waals surface area (Å²) in [6.45, 7) is 3.37. The number of carbonyl (C=O) groups is 2. The summed E-state index contributed by atoms with van der Waals surface area (Å²) in [4.78, 5) is 25.5. The van der Waals surface area contributed by atoms with Crippen molar-refractivity contribution in [3.8, 4) is 5.75 Å².